The first-order valence-corrected chi connectivity index (χ1v) is 7.20. The fraction of sp³-hybridized carbons (Fsp3) is 0.500. The van der Waals surface area contributed by atoms with E-state index in [2.05, 4.69) is 12.2 Å². The molecule has 2 amide bonds. The Balaban J connectivity index is 2.07. The van der Waals surface area contributed by atoms with E-state index in [1.807, 2.05) is 6.92 Å². The van der Waals surface area contributed by atoms with Crippen molar-refractivity contribution in [2.75, 3.05) is 19.5 Å². The fourth-order valence-corrected chi connectivity index (χ4v) is 2.32. The molecule has 0 heterocycles. The van der Waals surface area contributed by atoms with Gasteiger partial charge in [0.2, 0.25) is 0 Å². The molecule has 1 fully saturated rings. The number of likely N-dealkylation sites (N-methyl/N-ethyl adjacent to an activating group) is 1. The standard InChI is InChI=1S/C16H21FN2O3/c1-10(16(2)7-8-16)19(3)15(21)14(20)18-13-9-11(22-4)5-6-12(13)17/h5-6,9-10H,7-8H2,1-4H3,(H,18,20)/t10-/m0/s1. The zero-order valence-corrected chi connectivity index (χ0v) is 13.3. The quantitative estimate of drug-likeness (QED) is 0.869. The number of anilines is 1. The number of hydrogen-bond acceptors (Lipinski definition) is 3. The van der Waals surface area contributed by atoms with Gasteiger partial charge in [0.1, 0.15) is 11.6 Å². The number of carbonyl (C=O) groups excluding carboxylic acids is 2. The van der Waals surface area contributed by atoms with Crippen LogP contribution in [0.5, 0.6) is 5.75 Å². The van der Waals surface area contributed by atoms with Crippen molar-refractivity contribution in [3.05, 3.63) is 24.0 Å². The van der Waals surface area contributed by atoms with E-state index in [1.165, 1.54) is 30.2 Å². The molecule has 0 aliphatic heterocycles. The number of nitrogens with zero attached hydrogens (tertiary/aromatic N) is 1. The lowest BCUT2D eigenvalue weighted by molar-refractivity contribution is -0.144. The smallest absolute Gasteiger partial charge is 0.313 e. The first kappa shape index (κ1) is 16.3. The number of carbonyl (C=O) groups is 2. The molecule has 1 aliphatic rings. The van der Waals surface area contributed by atoms with E-state index in [0.717, 1.165) is 12.8 Å². The molecule has 22 heavy (non-hydrogen) atoms. The molecule has 120 valence electrons. The lowest BCUT2D eigenvalue weighted by Gasteiger charge is -2.29. The highest BCUT2D eigenvalue weighted by Gasteiger charge is 2.45. The van der Waals surface area contributed by atoms with E-state index in [-0.39, 0.29) is 17.1 Å². The second-order valence-corrected chi connectivity index (χ2v) is 6.05. The molecular weight excluding hydrogens is 287 g/mol. The lowest BCUT2D eigenvalue weighted by Crippen LogP contribution is -2.45. The van der Waals surface area contributed by atoms with E-state index in [4.69, 9.17) is 4.74 Å². The van der Waals surface area contributed by atoms with Crippen molar-refractivity contribution < 1.29 is 18.7 Å². The van der Waals surface area contributed by atoms with Gasteiger partial charge in [-0.2, -0.15) is 0 Å². The van der Waals surface area contributed by atoms with Crippen LogP contribution in [0.15, 0.2) is 18.2 Å². The van der Waals surface area contributed by atoms with E-state index in [1.54, 1.807) is 7.05 Å². The van der Waals surface area contributed by atoms with Crippen molar-refractivity contribution in [2.45, 2.75) is 32.7 Å². The van der Waals surface area contributed by atoms with Crippen molar-refractivity contribution in [3.8, 4) is 5.75 Å². The van der Waals surface area contributed by atoms with Gasteiger partial charge in [0.25, 0.3) is 0 Å². The maximum absolute atomic E-state index is 13.7. The summed E-state index contributed by atoms with van der Waals surface area (Å²) in [7, 11) is 3.04. The Morgan fingerprint density at radius 3 is 2.59 bits per heavy atom. The highest BCUT2D eigenvalue weighted by atomic mass is 19.1. The van der Waals surface area contributed by atoms with E-state index < -0.39 is 17.6 Å². The Labute approximate surface area is 129 Å². The summed E-state index contributed by atoms with van der Waals surface area (Å²) in [6, 6.07) is 3.92. The molecule has 1 aromatic rings. The summed E-state index contributed by atoms with van der Waals surface area (Å²) in [4.78, 5) is 25.7. The SMILES string of the molecule is COc1ccc(F)c(NC(=O)C(=O)N(C)[C@@H](C)C2(C)CC2)c1. The van der Waals surface area contributed by atoms with E-state index in [9.17, 15) is 14.0 Å². The predicted molar refractivity (Wildman–Crippen MR) is 81.2 cm³/mol. The molecule has 1 atom stereocenters. The van der Waals surface area contributed by atoms with Gasteiger partial charge in [-0.25, -0.2) is 4.39 Å². The van der Waals surface area contributed by atoms with Crippen LogP contribution in [0, 0.1) is 11.2 Å². The van der Waals surface area contributed by atoms with Crippen LogP contribution in [0.2, 0.25) is 0 Å². The number of nitrogens with one attached hydrogen (secondary N) is 1. The molecule has 0 saturated heterocycles. The molecule has 5 nitrogen and oxygen atoms in total. The minimum absolute atomic E-state index is 0.0408. The van der Waals surface area contributed by atoms with Gasteiger partial charge < -0.3 is 15.0 Å². The molecule has 1 aromatic carbocycles. The Morgan fingerprint density at radius 2 is 2.05 bits per heavy atom. The number of halogens is 1. The summed E-state index contributed by atoms with van der Waals surface area (Å²) in [5, 5.41) is 2.31. The maximum atomic E-state index is 13.7. The van der Waals surface area contributed by atoms with Crippen LogP contribution in [0.1, 0.15) is 26.7 Å². The summed E-state index contributed by atoms with van der Waals surface area (Å²) in [5.41, 5.74) is 0.00251. The molecule has 1 aliphatic carbocycles. The summed E-state index contributed by atoms with van der Waals surface area (Å²) < 4.78 is 18.7. The average molecular weight is 308 g/mol. The zero-order valence-electron chi connectivity index (χ0n) is 13.3. The molecule has 2 rings (SSSR count). The first-order valence-electron chi connectivity index (χ1n) is 7.20. The predicted octanol–water partition coefficient (Wildman–Crippen LogP) is 2.42. The molecule has 0 bridgehead atoms. The van der Waals surface area contributed by atoms with Gasteiger partial charge in [-0.15, -0.1) is 0 Å². The molecule has 0 radical (unpaired) electrons. The molecule has 1 N–H and O–H groups in total. The first-order chi connectivity index (χ1) is 10.3. The van der Waals surface area contributed by atoms with Gasteiger partial charge in [-0.1, -0.05) is 6.92 Å². The Morgan fingerprint density at radius 1 is 1.41 bits per heavy atom. The number of amides is 2. The molecular formula is C16H21FN2O3. The number of rotatable bonds is 4. The van der Waals surface area contributed by atoms with Gasteiger partial charge in [0.05, 0.1) is 12.8 Å². The Bertz CT molecular complexity index is 599. The Hall–Kier alpha value is -2.11. The van der Waals surface area contributed by atoms with Gasteiger partial charge in [-0.3, -0.25) is 9.59 Å². The highest BCUT2D eigenvalue weighted by molar-refractivity contribution is 6.39. The van der Waals surface area contributed by atoms with Crippen LogP contribution in [-0.2, 0) is 9.59 Å². The van der Waals surface area contributed by atoms with Crippen molar-refractivity contribution in [2.24, 2.45) is 5.41 Å². The van der Waals surface area contributed by atoms with Crippen molar-refractivity contribution in [3.63, 3.8) is 0 Å². The summed E-state index contributed by atoms with van der Waals surface area (Å²) in [6.07, 6.45) is 2.08. The van der Waals surface area contributed by atoms with Crippen molar-refractivity contribution >= 4 is 17.5 Å². The summed E-state index contributed by atoms with van der Waals surface area (Å²) >= 11 is 0. The van der Waals surface area contributed by atoms with Crippen molar-refractivity contribution in [1.82, 2.24) is 4.90 Å². The molecule has 0 spiro atoms. The van der Waals surface area contributed by atoms with Crippen LogP contribution >= 0.6 is 0 Å². The van der Waals surface area contributed by atoms with Crippen LogP contribution in [0.25, 0.3) is 0 Å². The maximum Gasteiger partial charge on any atom is 0.313 e. The summed E-state index contributed by atoms with van der Waals surface area (Å²) in [6.45, 7) is 4.01. The number of methoxy groups -OCH3 is 1. The minimum atomic E-state index is -0.856. The van der Waals surface area contributed by atoms with Crippen LogP contribution in [0.3, 0.4) is 0 Å². The molecule has 1 saturated carbocycles. The van der Waals surface area contributed by atoms with Gasteiger partial charge in [0, 0.05) is 19.2 Å². The zero-order chi connectivity index (χ0) is 16.5. The number of hydrogen-bond donors (Lipinski definition) is 1. The van der Waals surface area contributed by atoms with Gasteiger partial charge >= 0.3 is 11.8 Å². The Kier molecular flexibility index (Phi) is 4.39. The van der Waals surface area contributed by atoms with Crippen LogP contribution < -0.4 is 10.1 Å². The topological polar surface area (TPSA) is 58.6 Å². The second kappa shape index (κ2) is 5.94. The molecule has 6 heteroatoms. The lowest BCUT2D eigenvalue weighted by atomic mass is 9.99. The van der Waals surface area contributed by atoms with Gasteiger partial charge in [-0.05, 0) is 37.3 Å². The van der Waals surface area contributed by atoms with Crippen molar-refractivity contribution in [1.29, 1.82) is 0 Å². The summed E-state index contributed by atoms with van der Waals surface area (Å²) in [5.74, 6) is -1.75. The van der Waals surface area contributed by atoms with Crippen LogP contribution in [0.4, 0.5) is 10.1 Å². The van der Waals surface area contributed by atoms with E-state index >= 15 is 0 Å². The van der Waals surface area contributed by atoms with Crippen LogP contribution in [-0.4, -0.2) is 36.9 Å². The van der Waals surface area contributed by atoms with Gasteiger partial charge in [0.15, 0.2) is 0 Å². The number of benzene rings is 1. The normalized spacial score (nSPS) is 16.6. The fourth-order valence-electron chi connectivity index (χ4n) is 2.32. The van der Waals surface area contributed by atoms with E-state index in [0.29, 0.717) is 5.75 Å². The highest BCUT2D eigenvalue weighted by Crippen LogP contribution is 2.49. The monoisotopic (exact) mass is 308 g/mol. The third kappa shape index (κ3) is 3.21. The molecule has 0 aromatic heterocycles. The minimum Gasteiger partial charge on any atom is -0.497 e. The third-order valence-electron chi connectivity index (χ3n) is 4.56. The molecule has 0 unspecified atom stereocenters. The largest absolute Gasteiger partial charge is 0.497 e. The third-order valence-corrected chi connectivity index (χ3v) is 4.56. The second-order valence-electron chi connectivity index (χ2n) is 6.05. The number of ether oxygens (including phenoxy) is 1. The average Bonchev–Trinajstić information content (AvgIpc) is 3.26.